The molecule has 1 nitrogen and oxygen atoms in total. The minimum Gasteiger partial charge on any atom is -0.393 e. The fourth-order valence-electron chi connectivity index (χ4n) is 0.211. The molecule has 0 heterocycles. The van der Waals surface area contributed by atoms with Crippen molar-refractivity contribution in [3.8, 4) is 0 Å². The Hall–Kier alpha value is -0.250. The van der Waals surface area contributed by atoms with Crippen LogP contribution in [0.25, 0.3) is 0 Å². The number of aliphatic hydroxyl groups excluding tert-OH is 1. The number of hydrogen-bond acceptors (Lipinski definition) is 1. The molecule has 0 aliphatic carbocycles. The summed E-state index contributed by atoms with van der Waals surface area (Å²) in [7, 11) is 0. The second-order valence-corrected chi connectivity index (χ2v) is 1.37. The Balaban J connectivity index is 3.29. The molecule has 0 aliphatic rings. The predicted octanol–water partition coefficient (Wildman–Crippen LogP) is 0.624. The zero-order valence-electron chi connectivity index (χ0n) is 4.15. The highest BCUT2D eigenvalue weighted by Crippen LogP contribution is 2.02. The van der Waals surface area contributed by atoms with Crippen LogP contribution >= 0.6 is 0 Å². The van der Waals surface area contributed by atoms with Crippen LogP contribution in [0.15, 0.2) is 0 Å². The topological polar surface area (TPSA) is 20.2 Å². The number of halogens is 3. The van der Waals surface area contributed by atoms with Crippen molar-refractivity contribution >= 4 is 0 Å². The number of alkyl halides is 3. The summed E-state index contributed by atoms with van der Waals surface area (Å²) in [4.78, 5) is 0. The van der Waals surface area contributed by atoms with Gasteiger partial charge in [-0.15, -0.1) is 0 Å². The van der Waals surface area contributed by atoms with Crippen LogP contribution in [0.4, 0.5) is 13.2 Å². The van der Waals surface area contributed by atoms with E-state index in [1.807, 2.05) is 0 Å². The molecule has 0 aromatic rings. The van der Waals surface area contributed by atoms with Crippen molar-refractivity contribution in [3.05, 3.63) is 0 Å². The highest BCUT2D eigenvalue weighted by Gasteiger charge is 2.18. The zero-order chi connectivity index (χ0) is 6.57. The van der Waals surface area contributed by atoms with Crippen LogP contribution < -0.4 is 0 Å². The van der Waals surface area contributed by atoms with Crippen molar-refractivity contribution in [3.63, 3.8) is 0 Å². The maximum Gasteiger partial charge on any atom is 0.162 e. The maximum atomic E-state index is 11.7. The minimum absolute atomic E-state index is 0.953. The van der Waals surface area contributed by atoms with E-state index in [0.717, 1.165) is 0 Å². The van der Waals surface area contributed by atoms with Crippen LogP contribution in [-0.2, 0) is 0 Å². The third-order valence-corrected chi connectivity index (χ3v) is 0.714. The molecule has 0 saturated carbocycles. The molecule has 4 heteroatoms. The smallest absolute Gasteiger partial charge is 0.162 e. The Bertz CT molecular complexity index is 51.2. The predicted molar refractivity (Wildman–Crippen MR) is 22.9 cm³/mol. The van der Waals surface area contributed by atoms with Gasteiger partial charge in [-0.25, -0.2) is 13.2 Å². The van der Waals surface area contributed by atoms with Gasteiger partial charge in [0.1, 0.15) is 6.67 Å². The third-order valence-electron chi connectivity index (χ3n) is 0.714. The first-order valence-corrected chi connectivity index (χ1v) is 2.17. The Morgan fingerprint density at radius 2 is 1.75 bits per heavy atom. The quantitative estimate of drug-likeness (QED) is 0.590. The summed E-state index contributed by atoms with van der Waals surface area (Å²) in [6, 6.07) is 0. The SMILES string of the molecule is OCC(F)C(F)CF. The summed E-state index contributed by atoms with van der Waals surface area (Å²) >= 11 is 0. The molecule has 0 aromatic heterocycles. The van der Waals surface area contributed by atoms with Crippen molar-refractivity contribution in [1.29, 1.82) is 0 Å². The second kappa shape index (κ2) is 3.72. The zero-order valence-corrected chi connectivity index (χ0v) is 4.15. The molecular formula is C4H7F3O. The van der Waals surface area contributed by atoms with Crippen molar-refractivity contribution in [1.82, 2.24) is 0 Å². The average molecular weight is 128 g/mol. The van der Waals surface area contributed by atoms with E-state index < -0.39 is 25.6 Å². The molecule has 2 atom stereocenters. The molecule has 1 N–H and O–H groups in total. The summed E-state index contributed by atoms with van der Waals surface area (Å²) in [5.41, 5.74) is 0. The summed E-state index contributed by atoms with van der Waals surface area (Å²) < 4.78 is 34.4. The molecule has 0 aromatic carbocycles. The lowest BCUT2D eigenvalue weighted by Gasteiger charge is -2.04. The van der Waals surface area contributed by atoms with Gasteiger partial charge in [0.05, 0.1) is 6.61 Å². The Morgan fingerprint density at radius 3 is 1.88 bits per heavy atom. The highest BCUT2D eigenvalue weighted by molar-refractivity contribution is 4.64. The van der Waals surface area contributed by atoms with E-state index in [4.69, 9.17) is 5.11 Å². The first kappa shape index (κ1) is 7.75. The molecule has 0 rings (SSSR count). The lowest BCUT2D eigenvalue weighted by molar-refractivity contribution is 0.0822. The first-order chi connectivity index (χ1) is 3.72. The number of aliphatic hydroxyl groups is 1. The van der Waals surface area contributed by atoms with Crippen LogP contribution in [0.3, 0.4) is 0 Å². The van der Waals surface area contributed by atoms with Gasteiger partial charge in [-0.1, -0.05) is 0 Å². The van der Waals surface area contributed by atoms with Gasteiger partial charge in [-0.3, -0.25) is 0 Å². The van der Waals surface area contributed by atoms with Crippen molar-refractivity contribution < 1.29 is 18.3 Å². The van der Waals surface area contributed by atoms with E-state index in [0.29, 0.717) is 0 Å². The van der Waals surface area contributed by atoms with Gasteiger partial charge in [-0.05, 0) is 0 Å². The minimum atomic E-state index is -2.17. The average Bonchev–Trinajstić information content (AvgIpc) is 1.84. The fourth-order valence-corrected chi connectivity index (χ4v) is 0.211. The van der Waals surface area contributed by atoms with Gasteiger partial charge in [0.15, 0.2) is 12.3 Å². The standard InChI is InChI=1S/C4H7F3O/c5-1-3(6)4(7)2-8/h3-4,8H,1-2H2. The number of hydrogen-bond donors (Lipinski definition) is 1. The van der Waals surface area contributed by atoms with Gasteiger partial charge < -0.3 is 5.11 Å². The molecular weight excluding hydrogens is 121 g/mol. The van der Waals surface area contributed by atoms with E-state index in [-0.39, 0.29) is 0 Å². The fraction of sp³-hybridized carbons (Fsp3) is 1.00. The van der Waals surface area contributed by atoms with Crippen molar-refractivity contribution in [2.24, 2.45) is 0 Å². The van der Waals surface area contributed by atoms with Crippen LogP contribution in [0.5, 0.6) is 0 Å². The first-order valence-electron chi connectivity index (χ1n) is 2.17. The molecule has 0 fully saturated rings. The summed E-state index contributed by atoms with van der Waals surface area (Å²) in [5, 5.41) is 7.85. The molecule has 0 bridgehead atoms. The summed E-state index contributed by atoms with van der Waals surface area (Å²) in [6.45, 7) is -2.33. The second-order valence-electron chi connectivity index (χ2n) is 1.37. The van der Waals surface area contributed by atoms with Gasteiger partial charge in [0.25, 0.3) is 0 Å². The van der Waals surface area contributed by atoms with Gasteiger partial charge in [0, 0.05) is 0 Å². The lowest BCUT2D eigenvalue weighted by atomic mass is 10.3. The number of rotatable bonds is 3. The monoisotopic (exact) mass is 128 g/mol. The van der Waals surface area contributed by atoms with Crippen molar-refractivity contribution in [2.75, 3.05) is 13.3 Å². The van der Waals surface area contributed by atoms with E-state index in [1.54, 1.807) is 0 Å². The molecule has 50 valence electrons. The lowest BCUT2D eigenvalue weighted by Crippen LogP contribution is -2.22. The van der Waals surface area contributed by atoms with Crippen LogP contribution in [-0.4, -0.2) is 30.7 Å². The maximum absolute atomic E-state index is 11.7. The Labute approximate surface area is 45.1 Å². The largest absolute Gasteiger partial charge is 0.393 e. The molecule has 2 unspecified atom stereocenters. The third kappa shape index (κ3) is 2.16. The van der Waals surface area contributed by atoms with E-state index in [9.17, 15) is 13.2 Å². The normalized spacial score (nSPS) is 18.0. The van der Waals surface area contributed by atoms with E-state index in [1.165, 1.54) is 0 Å². The highest BCUT2D eigenvalue weighted by atomic mass is 19.2. The van der Waals surface area contributed by atoms with E-state index >= 15 is 0 Å². The van der Waals surface area contributed by atoms with Gasteiger partial charge in [-0.2, -0.15) is 0 Å². The van der Waals surface area contributed by atoms with Crippen LogP contribution in [0, 0.1) is 0 Å². The molecule has 0 amide bonds. The van der Waals surface area contributed by atoms with Crippen molar-refractivity contribution in [2.45, 2.75) is 12.3 Å². The van der Waals surface area contributed by atoms with Crippen LogP contribution in [0.1, 0.15) is 0 Å². The van der Waals surface area contributed by atoms with Gasteiger partial charge in [0.2, 0.25) is 0 Å². The van der Waals surface area contributed by atoms with Crippen LogP contribution in [0.2, 0.25) is 0 Å². The van der Waals surface area contributed by atoms with Gasteiger partial charge >= 0.3 is 0 Å². The Kier molecular flexibility index (Phi) is 3.60. The summed E-state index contributed by atoms with van der Waals surface area (Å²) in [6.07, 6.45) is -4.24. The molecule has 0 radical (unpaired) electrons. The molecule has 0 spiro atoms. The van der Waals surface area contributed by atoms with E-state index in [2.05, 4.69) is 0 Å². The summed E-state index contributed by atoms with van der Waals surface area (Å²) in [5.74, 6) is 0. The molecule has 0 saturated heterocycles. The Morgan fingerprint density at radius 1 is 1.25 bits per heavy atom. The molecule has 0 aliphatic heterocycles. The molecule has 8 heavy (non-hydrogen) atoms.